The zero-order valence-electron chi connectivity index (χ0n) is 17.1. The highest BCUT2D eigenvalue weighted by molar-refractivity contribution is 8.15. The molecule has 1 aromatic heterocycles. The number of nitrogens with zero attached hydrogens (tertiary/aromatic N) is 4. The number of hydrogen-bond donors (Lipinski definition) is 1. The summed E-state index contributed by atoms with van der Waals surface area (Å²) in [5.41, 5.74) is 0.119. The molecule has 2 aromatic rings. The highest BCUT2D eigenvalue weighted by Gasteiger charge is 2.23. The lowest BCUT2D eigenvalue weighted by Gasteiger charge is -2.26. The normalized spacial score (nSPS) is 14.8. The van der Waals surface area contributed by atoms with Crippen LogP contribution in [0, 0.1) is 6.92 Å². The Morgan fingerprint density at radius 3 is 2.57 bits per heavy atom. The summed E-state index contributed by atoms with van der Waals surface area (Å²) in [5, 5.41) is 10.7. The predicted molar refractivity (Wildman–Crippen MR) is 116 cm³/mol. The lowest BCUT2D eigenvalue weighted by Crippen LogP contribution is -2.42. The first-order chi connectivity index (χ1) is 14.3. The Kier molecular flexibility index (Phi) is 6.78. The van der Waals surface area contributed by atoms with Crippen molar-refractivity contribution in [2.75, 3.05) is 32.1 Å². The Balaban J connectivity index is 2.02. The molecule has 3 rings (SSSR count). The molecule has 10 heteroatoms. The van der Waals surface area contributed by atoms with Crippen LogP contribution in [-0.4, -0.2) is 62.1 Å². The molecular formula is C20H24N4O5S. The predicted octanol–water partition coefficient (Wildman–Crippen LogP) is 0.768. The van der Waals surface area contributed by atoms with Gasteiger partial charge in [-0.25, -0.2) is 9.79 Å². The van der Waals surface area contributed by atoms with E-state index in [1.807, 2.05) is 25.1 Å². The van der Waals surface area contributed by atoms with Gasteiger partial charge in [-0.1, -0.05) is 23.9 Å². The second-order valence-corrected chi connectivity index (χ2v) is 7.91. The maximum Gasteiger partial charge on any atom is 0.333 e. The number of aliphatic imine (C=N–C) groups is 1. The van der Waals surface area contributed by atoms with Gasteiger partial charge in [-0.05, 0) is 24.6 Å². The van der Waals surface area contributed by atoms with Gasteiger partial charge in [0.05, 0.1) is 24.7 Å². The second kappa shape index (κ2) is 9.31. The Hall–Kier alpha value is -2.85. The SMILES string of the molecule is Cc1cccc(N=C(SCC(=O)N2CCOCC2)c2c(O)n(C)c(=O)n(C)c2=O)c1. The molecule has 0 saturated carbocycles. The highest BCUT2D eigenvalue weighted by Crippen LogP contribution is 2.24. The van der Waals surface area contributed by atoms with Crippen molar-refractivity contribution >= 4 is 28.4 Å². The van der Waals surface area contributed by atoms with Gasteiger partial charge < -0.3 is 14.7 Å². The number of amides is 1. The average molecular weight is 433 g/mol. The van der Waals surface area contributed by atoms with Crippen molar-refractivity contribution in [2.24, 2.45) is 19.1 Å². The van der Waals surface area contributed by atoms with Crippen LogP contribution in [0.15, 0.2) is 38.8 Å². The summed E-state index contributed by atoms with van der Waals surface area (Å²) in [6.07, 6.45) is 0. The number of ether oxygens (including phenoxy) is 1. The van der Waals surface area contributed by atoms with Crippen LogP contribution < -0.4 is 11.2 Å². The van der Waals surface area contributed by atoms with Gasteiger partial charge in [0.1, 0.15) is 10.6 Å². The van der Waals surface area contributed by atoms with Crippen LogP contribution in [0.25, 0.3) is 0 Å². The minimum atomic E-state index is -0.673. The number of hydrogen-bond acceptors (Lipinski definition) is 7. The molecule has 0 spiro atoms. The Bertz CT molecular complexity index is 1100. The largest absolute Gasteiger partial charge is 0.494 e. The van der Waals surface area contributed by atoms with E-state index in [0.717, 1.165) is 26.5 Å². The lowest BCUT2D eigenvalue weighted by atomic mass is 10.2. The summed E-state index contributed by atoms with van der Waals surface area (Å²) in [6, 6.07) is 7.33. The number of morpholine rings is 1. The lowest BCUT2D eigenvalue weighted by molar-refractivity contribution is -0.132. The van der Waals surface area contributed by atoms with Crippen molar-refractivity contribution in [2.45, 2.75) is 6.92 Å². The highest BCUT2D eigenvalue weighted by atomic mass is 32.2. The number of carbonyl (C=O) groups excluding carboxylic acids is 1. The Labute approximate surface area is 177 Å². The summed E-state index contributed by atoms with van der Waals surface area (Å²) in [7, 11) is 2.70. The van der Waals surface area contributed by atoms with Gasteiger partial charge in [-0.3, -0.25) is 18.7 Å². The molecule has 1 amide bonds. The Morgan fingerprint density at radius 1 is 1.20 bits per heavy atom. The maximum atomic E-state index is 12.8. The van der Waals surface area contributed by atoms with Crippen molar-refractivity contribution in [3.05, 3.63) is 56.2 Å². The summed E-state index contributed by atoms with van der Waals surface area (Å²) in [6.45, 7) is 3.91. The first-order valence-electron chi connectivity index (χ1n) is 9.42. The van der Waals surface area contributed by atoms with Crippen molar-refractivity contribution in [3.63, 3.8) is 0 Å². The molecule has 1 fully saturated rings. The number of benzene rings is 1. The van der Waals surface area contributed by atoms with Gasteiger partial charge in [0.2, 0.25) is 11.8 Å². The van der Waals surface area contributed by atoms with Gasteiger partial charge in [0, 0.05) is 27.2 Å². The summed E-state index contributed by atoms with van der Waals surface area (Å²) < 4.78 is 7.16. The van der Waals surface area contributed by atoms with E-state index in [1.165, 1.54) is 14.1 Å². The van der Waals surface area contributed by atoms with Crippen LogP contribution in [0.2, 0.25) is 0 Å². The number of aromatic hydroxyl groups is 1. The summed E-state index contributed by atoms with van der Waals surface area (Å²) >= 11 is 1.06. The van der Waals surface area contributed by atoms with E-state index < -0.39 is 17.1 Å². The molecule has 0 unspecified atom stereocenters. The van der Waals surface area contributed by atoms with E-state index in [1.54, 1.807) is 11.0 Å². The summed E-state index contributed by atoms with van der Waals surface area (Å²) in [5.74, 6) is -0.557. The monoisotopic (exact) mass is 432 g/mol. The third-order valence-electron chi connectivity index (χ3n) is 4.78. The molecular weight excluding hydrogens is 408 g/mol. The number of thioether (sulfide) groups is 1. The van der Waals surface area contributed by atoms with Gasteiger partial charge in [-0.2, -0.15) is 0 Å². The first-order valence-corrected chi connectivity index (χ1v) is 10.4. The number of aromatic nitrogens is 2. The second-order valence-electron chi connectivity index (χ2n) is 6.94. The van der Waals surface area contributed by atoms with Crippen LogP contribution in [-0.2, 0) is 23.6 Å². The van der Waals surface area contributed by atoms with Crippen LogP contribution >= 0.6 is 11.8 Å². The van der Waals surface area contributed by atoms with E-state index in [0.29, 0.717) is 32.0 Å². The van der Waals surface area contributed by atoms with Crippen LogP contribution in [0.4, 0.5) is 5.69 Å². The molecule has 1 aliphatic rings. The van der Waals surface area contributed by atoms with E-state index in [4.69, 9.17) is 4.74 Å². The zero-order valence-corrected chi connectivity index (χ0v) is 17.9. The van der Waals surface area contributed by atoms with E-state index in [2.05, 4.69) is 4.99 Å². The number of rotatable bonds is 4. The molecule has 0 atom stereocenters. The molecule has 1 aliphatic heterocycles. The fraction of sp³-hybridized carbons (Fsp3) is 0.400. The minimum absolute atomic E-state index is 0.0378. The molecule has 1 aromatic carbocycles. The first kappa shape index (κ1) is 21.8. The molecule has 9 nitrogen and oxygen atoms in total. The van der Waals surface area contributed by atoms with Gasteiger partial charge >= 0.3 is 5.69 Å². The maximum absolute atomic E-state index is 12.8. The third-order valence-corrected chi connectivity index (χ3v) is 5.74. The van der Waals surface area contributed by atoms with Crippen molar-refractivity contribution in [3.8, 4) is 5.88 Å². The molecule has 1 N–H and O–H groups in total. The van der Waals surface area contributed by atoms with Crippen LogP contribution in [0.1, 0.15) is 11.1 Å². The van der Waals surface area contributed by atoms with E-state index in [9.17, 15) is 19.5 Å². The standard InChI is InChI=1S/C20H24N4O5S/c1-13-5-4-6-14(11-13)21-17(30-12-15(25)24-7-9-29-10-8-24)16-18(26)22(2)20(28)23(3)19(16)27/h4-6,11,26H,7-10,12H2,1-3H3. The summed E-state index contributed by atoms with van der Waals surface area (Å²) in [4.78, 5) is 43.7. The van der Waals surface area contributed by atoms with Gasteiger partial charge in [0.15, 0.2) is 0 Å². The molecule has 2 heterocycles. The van der Waals surface area contributed by atoms with Crippen molar-refractivity contribution < 1.29 is 14.6 Å². The molecule has 160 valence electrons. The zero-order chi connectivity index (χ0) is 21.8. The van der Waals surface area contributed by atoms with Crippen molar-refractivity contribution in [1.82, 2.24) is 14.0 Å². The minimum Gasteiger partial charge on any atom is -0.494 e. The number of aryl methyl sites for hydroxylation is 1. The number of carbonyl (C=O) groups is 1. The fourth-order valence-corrected chi connectivity index (χ4v) is 3.97. The Morgan fingerprint density at radius 2 is 1.90 bits per heavy atom. The molecule has 0 radical (unpaired) electrons. The van der Waals surface area contributed by atoms with Gasteiger partial charge in [0.25, 0.3) is 5.56 Å². The molecule has 0 aliphatic carbocycles. The average Bonchev–Trinajstić information content (AvgIpc) is 2.75. The third kappa shape index (κ3) is 4.65. The van der Waals surface area contributed by atoms with Gasteiger partial charge in [-0.15, -0.1) is 0 Å². The van der Waals surface area contributed by atoms with Crippen LogP contribution in [0.3, 0.4) is 0 Å². The van der Waals surface area contributed by atoms with E-state index in [-0.39, 0.29) is 22.3 Å². The smallest absolute Gasteiger partial charge is 0.333 e. The van der Waals surface area contributed by atoms with E-state index >= 15 is 0 Å². The molecule has 1 saturated heterocycles. The molecule has 30 heavy (non-hydrogen) atoms. The van der Waals surface area contributed by atoms with Crippen LogP contribution in [0.5, 0.6) is 5.88 Å². The quantitative estimate of drug-likeness (QED) is 0.565. The molecule has 0 bridgehead atoms. The van der Waals surface area contributed by atoms with Crippen molar-refractivity contribution in [1.29, 1.82) is 0 Å². The fourth-order valence-electron chi connectivity index (χ4n) is 3.03. The topological polar surface area (TPSA) is 106 Å².